The van der Waals surface area contributed by atoms with Gasteiger partial charge in [-0.05, 0) is 37.5 Å². The number of carboxylic acid groups (broad SMARTS) is 1. The molecule has 7 nitrogen and oxygen atoms in total. The zero-order valence-corrected chi connectivity index (χ0v) is 17.4. The highest BCUT2D eigenvalue weighted by Crippen LogP contribution is 2.69. The Balaban J connectivity index is 1.59. The number of likely N-dealkylation sites (tertiary alicyclic amines) is 1. The van der Waals surface area contributed by atoms with Crippen LogP contribution in [0.15, 0.2) is 9.82 Å². The zero-order chi connectivity index (χ0) is 20.1. The predicted molar refractivity (Wildman–Crippen MR) is 103 cm³/mol. The second-order valence-corrected chi connectivity index (χ2v) is 10.9. The van der Waals surface area contributed by atoms with Crippen LogP contribution in [0.1, 0.15) is 38.5 Å². The molecule has 0 spiro atoms. The van der Waals surface area contributed by atoms with Crippen LogP contribution in [0.4, 0.5) is 0 Å². The third kappa shape index (κ3) is 2.01. The molecule has 8 atom stereocenters. The summed E-state index contributed by atoms with van der Waals surface area (Å²) in [5, 5.41) is 10.4. The number of H-pyrrole nitrogens is 1. The number of carboxylic acids is 1. The molecule has 9 heteroatoms. The Hall–Kier alpha value is -1.61. The van der Waals surface area contributed by atoms with E-state index in [0.29, 0.717) is 0 Å². The van der Waals surface area contributed by atoms with Crippen molar-refractivity contribution in [2.24, 2.45) is 29.6 Å². The number of rotatable bonds is 3. The summed E-state index contributed by atoms with van der Waals surface area (Å²) >= 11 is 2.92. The molecule has 2 saturated carbocycles. The van der Waals surface area contributed by atoms with Crippen LogP contribution in [-0.4, -0.2) is 44.1 Å². The Labute approximate surface area is 169 Å². The van der Waals surface area contributed by atoms with Gasteiger partial charge in [0.25, 0.3) is 0 Å². The van der Waals surface area contributed by atoms with E-state index < -0.39 is 23.8 Å². The molecule has 4 aliphatic rings. The van der Waals surface area contributed by atoms with Crippen molar-refractivity contribution in [2.45, 2.75) is 55.3 Å². The number of nitrogens with zero attached hydrogens (tertiary/aromatic N) is 1. The first-order chi connectivity index (χ1) is 13.2. The Kier molecular flexibility index (Phi) is 3.76. The van der Waals surface area contributed by atoms with Crippen LogP contribution in [0.2, 0.25) is 0 Å². The SMILES string of the molecule is CC[C@]1(C)c2sc(=O)[nH]c2S[C@H]2[C@H]3C[C@@H]([C@@H]4C(=O)N([C@@H](C)C(=O)O)C(=O)[C@@H]34)[C@@H]21. The van der Waals surface area contributed by atoms with E-state index in [0.717, 1.165) is 27.6 Å². The minimum atomic E-state index is -1.15. The Bertz CT molecular complexity index is 970. The molecule has 1 aromatic heterocycles. The predicted octanol–water partition coefficient (Wildman–Crippen LogP) is 1.92. The highest BCUT2D eigenvalue weighted by molar-refractivity contribution is 8.00. The Morgan fingerprint density at radius 2 is 1.93 bits per heavy atom. The van der Waals surface area contributed by atoms with Crippen LogP contribution in [0.5, 0.6) is 0 Å². The number of thioether (sulfide) groups is 1. The van der Waals surface area contributed by atoms with E-state index in [-0.39, 0.29) is 45.1 Å². The van der Waals surface area contributed by atoms with E-state index in [1.54, 1.807) is 11.8 Å². The topological polar surface area (TPSA) is 108 Å². The third-order valence-corrected chi connectivity index (χ3v) is 10.5. The first-order valence-electron chi connectivity index (χ1n) is 9.70. The lowest BCUT2D eigenvalue weighted by Gasteiger charge is -2.48. The van der Waals surface area contributed by atoms with Gasteiger partial charge in [-0.3, -0.25) is 19.3 Å². The lowest BCUT2D eigenvalue weighted by atomic mass is 9.62. The summed E-state index contributed by atoms with van der Waals surface area (Å²) in [6.07, 6.45) is 1.69. The van der Waals surface area contributed by atoms with Gasteiger partial charge in [-0.25, -0.2) is 4.79 Å². The molecule has 2 bridgehead atoms. The van der Waals surface area contributed by atoms with Crippen LogP contribution < -0.4 is 4.87 Å². The highest BCUT2D eigenvalue weighted by atomic mass is 32.2. The van der Waals surface area contributed by atoms with Gasteiger partial charge in [0.15, 0.2) is 0 Å². The van der Waals surface area contributed by atoms with E-state index in [9.17, 15) is 24.3 Å². The van der Waals surface area contributed by atoms with Crippen LogP contribution in [0.3, 0.4) is 0 Å². The Morgan fingerprint density at radius 1 is 1.29 bits per heavy atom. The first kappa shape index (κ1) is 18.4. The van der Waals surface area contributed by atoms with E-state index >= 15 is 0 Å². The van der Waals surface area contributed by atoms with Crippen molar-refractivity contribution in [3.8, 4) is 0 Å². The van der Waals surface area contributed by atoms with Gasteiger partial charge in [0, 0.05) is 15.5 Å². The molecule has 28 heavy (non-hydrogen) atoms. The van der Waals surface area contributed by atoms with Gasteiger partial charge >= 0.3 is 10.8 Å². The Morgan fingerprint density at radius 3 is 2.54 bits per heavy atom. The molecule has 5 rings (SSSR count). The number of fused-ring (bicyclic) bond motifs is 9. The molecule has 3 heterocycles. The summed E-state index contributed by atoms with van der Waals surface area (Å²) in [4.78, 5) is 54.6. The van der Waals surface area contributed by atoms with E-state index in [4.69, 9.17) is 0 Å². The molecule has 2 N–H and O–H groups in total. The van der Waals surface area contributed by atoms with Crippen molar-refractivity contribution >= 4 is 40.9 Å². The fourth-order valence-electron chi connectivity index (χ4n) is 6.41. The zero-order valence-electron chi connectivity index (χ0n) is 15.8. The average molecular weight is 423 g/mol. The monoisotopic (exact) mass is 422 g/mol. The molecule has 2 amide bonds. The van der Waals surface area contributed by atoms with Crippen molar-refractivity contribution in [1.29, 1.82) is 0 Å². The number of aliphatic carboxylic acids is 1. The second-order valence-electron chi connectivity index (χ2n) is 8.73. The lowest BCUT2D eigenvalue weighted by Crippen LogP contribution is -2.49. The molecule has 1 saturated heterocycles. The second kappa shape index (κ2) is 5.72. The largest absolute Gasteiger partial charge is 0.480 e. The number of nitrogens with one attached hydrogen (secondary N) is 1. The number of hydrogen-bond donors (Lipinski definition) is 2. The summed E-state index contributed by atoms with van der Waals surface area (Å²) in [5.41, 5.74) is -0.214. The average Bonchev–Trinajstić information content (AvgIpc) is 3.36. The number of aromatic nitrogens is 1. The maximum atomic E-state index is 13.1. The number of amides is 2. The smallest absolute Gasteiger partial charge is 0.326 e. The maximum absolute atomic E-state index is 13.1. The third-order valence-electron chi connectivity index (χ3n) is 7.74. The van der Waals surface area contributed by atoms with Gasteiger partial charge in [-0.1, -0.05) is 25.2 Å². The van der Waals surface area contributed by atoms with Crippen LogP contribution in [-0.2, 0) is 19.8 Å². The number of thiazole rings is 1. The van der Waals surface area contributed by atoms with Gasteiger partial charge in [-0.2, -0.15) is 0 Å². The summed E-state index contributed by atoms with van der Waals surface area (Å²) in [6, 6.07) is -1.13. The lowest BCUT2D eigenvalue weighted by molar-refractivity contribution is -0.154. The van der Waals surface area contributed by atoms with E-state index in [1.807, 2.05) is 0 Å². The molecular formula is C19H22N2O5S2. The minimum Gasteiger partial charge on any atom is -0.480 e. The van der Waals surface area contributed by atoms with E-state index in [1.165, 1.54) is 18.3 Å². The molecule has 1 aromatic rings. The van der Waals surface area contributed by atoms with Crippen molar-refractivity contribution in [3.05, 3.63) is 14.5 Å². The number of carbonyl (C=O) groups excluding carboxylic acids is 2. The molecule has 0 unspecified atom stereocenters. The molecular weight excluding hydrogens is 400 g/mol. The summed E-state index contributed by atoms with van der Waals surface area (Å²) < 4.78 is 0. The molecule has 150 valence electrons. The fourth-order valence-corrected chi connectivity index (χ4v) is 9.60. The number of aromatic amines is 1. The van der Waals surface area contributed by atoms with Crippen molar-refractivity contribution in [1.82, 2.24) is 9.88 Å². The molecule has 2 aliphatic carbocycles. The summed E-state index contributed by atoms with van der Waals surface area (Å²) in [5.74, 6) is -2.29. The molecule has 2 aliphatic heterocycles. The summed E-state index contributed by atoms with van der Waals surface area (Å²) in [7, 11) is 0. The van der Waals surface area contributed by atoms with Crippen LogP contribution in [0.25, 0.3) is 0 Å². The van der Waals surface area contributed by atoms with Gasteiger partial charge in [0.2, 0.25) is 11.8 Å². The number of hydrogen-bond acceptors (Lipinski definition) is 6. The van der Waals surface area contributed by atoms with Gasteiger partial charge in [0.05, 0.1) is 16.9 Å². The number of imide groups is 1. The van der Waals surface area contributed by atoms with E-state index in [2.05, 4.69) is 18.8 Å². The van der Waals surface area contributed by atoms with Crippen LogP contribution in [0, 0.1) is 29.6 Å². The van der Waals surface area contributed by atoms with Crippen molar-refractivity contribution in [2.75, 3.05) is 0 Å². The normalized spacial score (nSPS) is 41.8. The standard InChI is InChI=1S/C19H22N2O5S2/c1-4-19(3)11-7-5-8(12(11)27-14-13(19)28-18(26)20-14)10-9(7)15(22)21(16(10)23)6(2)17(24)25/h6-12H,4-5H2,1-3H3,(H,20,26)(H,24,25)/t6-,7-,8-,9-,10-,11-,12-,19-/m0/s1. The van der Waals surface area contributed by atoms with Crippen molar-refractivity contribution < 1.29 is 19.5 Å². The van der Waals surface area contributed by atoms with Gasteiger partial charge in [0.1, 0.15) is 6.04 Å². The van der Waals surface area contributed by atoms with Crippen molar-refractivity contribution in [3.63, 3.8) is 0 Å². The highest BCUT2D eigenvalue weighted by Gasteiger charge is 2.71. The number of carbonyl (C=O) groups is 3. The molecule has 0 radical (unpaired) electrons. The van der Waals surface area contributed by atoms with Gasteiger partial charge in [-0.15, -0.1) is 11.8 Å². The molecule has 3 fully saturated rings. The van der Waals surface area contributed by atoms with Crippen LogP contribution >= 0.6 is 23.1 Å². The maximum Gasteiger partial charge on any atom is 0.326 e. The first-order valence-corrected chi connectivity index (χ1v) is 11.4. The fraction of sp³-hybridized carbons (Fsp3) is 0.684. The quantitative estimate of drug-likeness (QED) is 0.721. The van der Waals surface area contributed by atoms with Gasteiger partial charge < -0.3 is 10.1 Å². The summed E-state index contributed by atoms with van der Waals surface area (Å²) in [6.45, 7) is 5.70. The minimum absolute atomic E-state index is 0.0508. The molecule has 0 aromatic carbocycles.